The van der Waals surface area contributed by atoms with Gasteiger partial charge in [0, 0.05) is 5.69 Å². The van der Waals surface area contributed by atoms with Gasteiger partial charge < -0.3 is 10.1 Å². The molecule has 156 valence electrons. The Bertz CT molecular complexity index is 1200. The summed E-state index contributed by atoms with van der Waals surface area (Å²) in [4.78, 5) is 12.6. The Balaban J connectivity index is 1.73. The average molecular weight is 479 g/mol. The van der Waals surface area contributed by atoms with Gasteiger partial charge in [0.05, 0.1) is 4.47 Å². The molecule has 0 fully saturated rings. The second-order valence-electron chi connectivity index (χ2n) is 6.98. The molecule has 0 aromatic heterocycles. The molecule has 1 amide bonds. The Kier molecular flexibility index (Phi) is 7.22. The maximum Gasteiger partial charge on any atom is 0.266 e. The van der Waals surface area contributed by atoms with Crippen LogP contribution in [-0.2, 0) is 11.4 Å². The Morgan fingerprint density at radius 3 is 2.65 bits per heavy atom. The van der Waals surface area contributed by atoms with Crippen LogP contribution in [0.2, 0.25) is 0 Å². The number of hydrogen-bond acceptors (Lipinski definition) is 3. The summed E-state index contributed by atoms with van der Waals surface area (Å²) in [6, 6.07) is 19.0. The second-order valence-corrected chi connectivity index (χ2v) is 7.83. The van der Waals surface area contributed by atoms with Gasteiger partial charge in [0.2, 0.25) is 0 Å². The van der Waals surface area contributed by atoms with Crippen molar-refractivity contribution >= 4 is 33.6 Å². The normalized spacial score (nSPS) is 11.0. The highest BCUT2D eigenvalue weighted by molar-refractivity contribution is 9.10. The molecular formula is C25H20BrFN2O2. The zero-order chi connectivity index (χ0) is 22.4. The number of nitriles is 1. The van der Waals surface area contributed by atoms with Gasteiger partial charge in [-0.25, -0.2) is 4.39 Å². The van der Waals surface area contributed by atoms with E-state index in [-0.39, 0.29) is 18.0 Å². The highest BCUT2D eigenvalue weighted by Crippen LogP contribution is 2.28. The van der Waals surface area contributed by atoms with Crippen molar-refractivity contribution in [3.63, 3.8) is 0 Å². The average Bonchev–Trinajstić information content (AvgIpc) is 2.74. The number of carbonyl (C=O) groups is 1. The van der Waals surface area contributed by atoms with Gasteiger partial charge in [-0.3, -0.25) is 4.79 Å². The molecule has 0 heterocycles. The predicted octanol–water partition coefficient (Wildman–Crippen LogP) is 6.33. The number of nitrogens with zero attached hydrogens (tertiary/aromatic N) is 1. The van der Waals surface area contributed by atoms with Crippen molar-refractivity contribution in [1.82, 2.24) is 0 Å². The number of rotatable bonds is 6. The molecule has 0 spiro atoms. The van der Waals surface area contributed by atoms with Gasteiger partial charge in [-0.1, -0.05) is 30.3 Å². The molecule has 31 heavy (non-hydrogen) atoms. The fraction of sp³-hybridized carbons (Fsp3) is 0.120. The maximum absolute atomic E-state index is 13.3. The van der Waals surface area contributed by atoms with E-state index < -0.39 is 5.91 Å². The number of amides is 1. The van der Waals surface area contributed by atoms with E-state index in [4.69, 9.17) is 4.74 Å². The monoisotopic (exact) mass is 478 g/mol. The van der Waals surface area contributed by atoms with Gasteiger partial charge >= 0.3 is 0 Å². The van der Waals surface area contributed by atoms with Gasteiger partial charge in [0.15, 0.2) is 0 Å². The summed E-state index contributed by atoms with van der Waals surface area (Å²) in [5.74, 6) is -0.220. The van der Waals surface area contributed by atoms with E-state index in [1.165, 1.54) is 18.2 Å². The fourth-order valence-electron chi connectivity index (χ4n) is 2.90. The van der Waals surface area contributed by atoms with Crippen LogP contribution < -0.4 is 10.1 Å². The first-order valence-corrected chi connectivity index (χ1v) is 10.3. The van der Waals surface area contributed by atoms with Crippen LogP contribution in [-0.4, -0.2) is 5.91 Å². The van der Waals surface area contributed by atoms with Crippen LogP contribution >= 0.6 is 15.9 Å². The molecule has 0 bridgehead atoms. The molecule has 0 saturated carbocycles. The maximum atomic E-state index is 13.3. The van der Waals surface area contributed by atoms with E-state index in [1.54, 1.807) is 36.4 Å². The van der Waals surface area contributed by atoms with Crippen molar-refractivity contribution in [1.29, 1.82) is 5.26 Å². The van der Waals surface area contributed by atoms with E-state index in [0.29, 0.717) is 27.0 Å². The molecule has 0 saturated heterocycles. The van der Waals surface area contributed by atoms with Crippen LogP contribution in [0.3, 0.4) is 0 Å². The van der Waals surface area contributed by atoms with Gasteiger partial charge in [-0.05, 0) is 88.4 Å². The summed E-state index contributed by atoms with van der Waals surface area (Å²) in [5.41, 5.74) is 4.05. The van der Waals surface area contributed by atoms with Crippen molar-refractivity contribution in [3.05, 3.63) is 98.8 Å². The highest BCUT2D eigenvalue weighted by atomic mass is 79.9. The van der Waals surface area contributed by atoms with Crippen LogP contribution in [0.4, 0.5) is 10.1 Å². The smallest absolute Gasteiger partial charge is 0.266 e. The molecule has 0 aliphatic rings. The molecule has 3 aromatic rings. The minimum atomic E-state index is -0.473. The first kappa shape index (κ1) is 22.3. The third-order valence-corrected chi connectivity index (χ3v) is 5.39. The molecule has 3 aromatic carbocycles. The van der Waals surface area contributed by atoms with E-state index in [0.717, 1.165) is 11.1 Å². The van der Waals surface area contributed by atoms with Gasteiger partial charge in [0.25, 0.3) is 5.91 Å². The Morgan fingerprint density at radius 2 is 1.94 bits per heavy atom. The summed E-state index contributed by atoms with van der Waals surface area (Å²) in [6.07, 6.45) is 1.52. The third kappa shape index (κ3) is 5.80. The van der Waals surface area contributed by atoms with E-state index in [2.05, 4.69) is 21.2 Å². The summed E-state index contributed by atoms with van der Waals surface area (Å²) in [7, 11) is 0. The summed E-state index contributed by atoms with van der Waals surface area (Å²) in [5, 5.41) is 12.3. The van der Waals surface area contributed by atoms with Crippen LogP contribution in [0.25, 0.3) is 6.08 Å². The quantitative estimate of drug-likeness (QED) is 0.332. The number of halogens is 2. The van der Waals surface area contributed by atoms with Crippen LogP contribution in [0.15, 0.2) is 70.7 Å². The Hall–Kier alpha value is -3.43. The lowest BCUT2D eigenvalue weighted by Gasteiger charge is -2.10. The third-order valence-electron chi connectivity index (χ3n) is 4.77. The number of aryl methyl sites for hydroxylation is 1. The molecule has 0 aliphatic carbocycles. The zero-order valence-corrected chi connectivity index (χ0v) is 18.7. The largest absolute Gasteiger partial charge is 0.488 e. The standard InChI is InChI=1S/C25H20BrFN2O2/c1-16-5-3-8-23(17(16)2)29-25(30)20(14-28)11-18-9-10-24(22(26)13-18)31-15-19-6-4-7-21(27)12-19/h3-13H,15H2,1-2H3,(H,29,30)/b20-11+. The summed E-state index contributed by atoms with van der Waals surface area (Å²) < 4.78 is 19.7. The van der Waals surface area contributed by atoms with Crippen LogP contribution in [0, 0.1) is 31.0 Å². The molecule has 0 unspecified atom stereocenters. The minimum absolute atomic E-state index is 0.0127. The number of hydrogen-bond donors (Lipinski definition) is 1. The summed E-state index contributed by atoms with van der Waals surface area (Å²) >= 11 is 3.44. The van der Waals surface area contributed by atoms with Crippen LogP contribution in [0.5, 0.6) is 5.75 Å². The Morgan fingerprint density at radius 1 is 1.16 bits per heavy atom. The van der Waals surface area contributed by atoms with Crippen molar-refractivity contribution in [2.75, 3.05) is 5.32 Å². The van der Waals surface area contributed by atoms with Crippen molar-refractivity contribution in [3.8, 4) is 11.8 Å². The molecule has 0 atom stereocenters. The van der Waals surface area contributed by atoms with Crippen LogP contribution in [0.1, 0.15) is 22.3 Å². The van der Waals surface area contributed by atoms with Gasteiger partial charge in [-0.15, -0.1) is 0 Å². The number of ether oxygens (including phenoxy) is 1. The van der Waals surface area contributed by atoms with Gasteiger partial charge in [0.1, 0.15) is 29.8 Å². The van der Waals surface area contributed by atoms with Crippen molar-refractivity contribution < 1.29 is 13.9 Å². The Labute approximate surface area is 189 Å². The van der Waals surface area contributed by atoms with Crippen molar-refractivity contribution in [2.24, 2.45) is 0 Å². The highest BCUT2D eigenvalue weighted by Gasteiger charge is 2.12. The molecule has 3 rings (SSSR count). The lowest BCUT2D eigenvalue weighted by Crippen LogP contribution is -2.14. The molecule has 0 radical (unpaired) electrons. The van der Waals surface area contributed by atoms with E-state index >= 15 is 0 Å². The summed E-state index contributed by atoms with van der Waals surface area (Å²) in [6.45, 7) is 4.09. The number of anilines is 1. The topological polar surface area (TPSA) is 62.1 Å². The van der Waals surface area contributed by atoms with E-state index in [1.807, 2.05) is 32.0 Å². The number of nitrogens with one attached hydrogen (secondary N) is 1. The minimum Gasteiger partial charge on any atom is -0.488 e. The molecule has 6 heteroatoms. The SMILES string of the molecule is Cc1cccc(NC(=O)/C(C#N)=C/c2ccc(OCc3cccc(F)c3)c(Br)c2)c1C. The molecule has 4 nitrogen and oxygen atoms in total. The van der Waals surface area contributed by atoms with Crippen molar-refractivity contribution in [2.45, 2.75) is 20.5 Å². The van der Waals surface area contributed by atoms with E-state index in [9.17, 15) is 14.4 Å². The lowest BCUT2D eigenvalue weighted by molar-refractivity contribution is -0.112. The number of benzene rings is 3. The fourth-order valence-corrected chi connectivity index (χ4v) is 3.41. The molecule has 0 aliphatic heterocycles. The molecular weight excluding hydrogens is 459 g/mol. The second kappa shape index (κ2) is 10.1. The lowest BCUT2D eigenvalue weighted by atomic mass is 10.1. The first-order valence-electron chi connectivity index (χ1n) is 9.53. The first-order chi connectivity index (χ1) is 14.9. The molecule has 1 N–H and O–H groups in total. The van der Waals surface area contributed by atoms with Gasteiger partial charge in [-0.2, -0.15) is 5.26 Å². The number of carbonyl (C=O) groups excluding carboxylic acids is 1. The predicted molar refractivity (Wildman–Crippen MR) is 123 cm³/mol. The zero-order valence-electron chi connectivity index (χ0n) is 17.1.